The maximum atomic E-state index is 12.7. The number of benzene rings is 1. The predicted molar refractivity (Wildman–Crippen MR) is 119 cm³/mol. The molecule has 0 aliphatic heterocycles. The van der Waals surface area contributed by atoms with Crippen molar-refractivity contribution in [2.75, 3.05) is 17.2 Å². The number of hydrogen-bond donors (Lipinski definition) is 2. The molecule has 2 amide bonds. The zero-order valence-electron chi connectivity index (χ0n) is 17.7. The second-order valence-electron chi connectivity index (χ2n) is 7.65. The minimum atomic E-state index is -0.569. The van der Waals surface area contributed by atoms with E-state index in [1.54, 1.807) is 0 Å². The summed E-state index contributed by atoms with van der Waals surface area (Å²) < 4.78 is 5.29. The maximum absolute atomic E-state index is 12.7. The van der Waals surface area contributed by atoms with E-state index in [2.05, 4.69) is 24.5 Å². The van der Waals surface area contributed by atoms with Gasteiger partial charge in [-0.15, -0.1) is 11.3 Å². The van der Waals surface area contributed by atoms with Gasteiger partial charge in [0.2, 0.25) is 5.91 Å². The summed E-state index contributed by atoms with van der Waals surface area (Å²) in [5.74, 6) is -0.739. The van der Waals surface area contributed by atoms with Crippen LogP contribution in [0, 0.1) is 0 Å². The Morgan fingerprint density at radius 2 is 1.80 bits per heavy atom. The topological polar surface area (TPSA) is 84.5 Å². The summed E-state index contributed by atoms with van der Waals surface area (Å²) in [6.45, 7) is 5.33. The second-order valence-corrected chi connectivity index (χ2v) is 8.76. The van der Waals surface area contributed by atoms with E-state index in [0.29, 0.717) is 22.2 Å². The number of nitrogens with one attached hydrogen (secondary N) is 2. The third-order valence-corrected chi connectivity index (χ3v) is 6.58. The molecule has 160 valence electrons. The van der Waals surface area contributed by atoms with E-state index < -0.39 is 11.9 Å². The summed E-state index contributed by atoms with van der Waals surface area (Å²) in [4.78, 5) is 37.6. The molecule has 1 atom stereocenters. The number of carbonyl (C=O) groups is 3. The van der Waals surface area contributed by atoms with Gasteiger partial charge in [0, 0.05) is 17.5 Å². The molecular weight excluding hydrogens is 400 g/mol. The van der Waals surface area contributed by atoms with Crippen molar-refractivity contribution in [3.63, 3.8) is 0 Å². The molecule has 0 fully saturated rings. The van der Waals surface area contributed by atoms with Gasteiger partial charge in [0.15, 0.2) is 6.61 Å². The monoisotopic (exact) mass is 428 g/mol. The third-order valence-electron chi connectivity index (χ3n) is 5.38. The van der Waals surface area contributed by atoms with Crippen molar-refractivity contribution in [1.82, 2.24) is 0 Å². The van der Waals surface area contributed by atoms with Gasteiger partial charge < -0.3 is 15.4 Å². The fraction of sp³-hybridized carbons (Fsp3) is 0.435. The zero-order chi connectivity index (χ0) is 21.7. The largest absolute Gasteiger partial charge is 0.452 e. The van der Waals surface area contributed by atoms with Gasteiger partial charge >= 0.3 is 5.97 Å². The van der Waals surface area contributed by atoms with Crippen LogP contribution in [0.4, 0.5) is 10.7 Å². The summed E-state index contributed by atoms with van der Waals surface area (Å²) in [7, 11) is 0. The van der Waals surface area contributed by atoms with Crippen LogP contribution in [0.3, 0.4) is 0 Å². The molecule has 1 aromatic heterocycles. The summed E-state index contributed by atoms with van der Waals surface area (Å²) in [6.07, 6.45) is 4.79. The Bertz CT molecular complexity index is 933. The number of rotatable bonds is 7. The quantitative estimate of drug-likeness (QED) is 0.615. The van der Waals surface area contributed by atoms with E-state index in [1.807, 2.05) is 24.3 Å². The lowest BCUT2D eigenvalue weighted by atomic mass is 9.95. The minimum absolute atomic E-state index is 0.235. The molecule has 0 saturated heterocycles. The molecule has 1 aromatic carbocycles. The third kappa shape index (κ3) is 5.27. The molecule has 0 radical (unpaired) electrons. The molecular formula is C23H28N2O4S. The van der Waals surface area contributed by atoms with Crippen molar-refractivity contribution < 1.29 is 19.1 Å². The van der Waals surface area contributed by atoms with E-state index in [0.717, 1.165) is 42.5 Å². The Morgan fingerprint density at radius 3 is 2.47 bits per heavy atom. The van der Waals surface area contributed by atoms with Crippen molar-refractivity contribution >= 4 is 39.8 Å². The van der Waals surface area contributed by atoms with Crippen molar-refractivity contribution in [2.45, 2.75) is 58.8 Å². The molecule has 0 bridgehead atoms. The van der Waals surface area contributed by atoms with Gasteiger partial charge in [-0.1, -0.05) is 26.0 Å². The Hall–Kier alpha value is -2.67. The van der Waals surface area contributed by atoms with Crippen LogP contribution in [0.25, 0.3) is 0 Å². The second kappa shape index (κ2) is 9.89. The number of fused-ring (bicyclic) bond motifs is 1. The van der Waals surface area contributed by atoms with Gasteiger partial charge in [-0.2, -0.15) is 0 Å². The first-order valence-electron chi connectivity index (χ1n) is 10.4. The van der Waals surface area contributed by atoms with Crippen LogP contribution in [-0.4, -0.2) is 24.4 Å². The molecule has 1 aliphatic rings. The first-order valence-corrected chi connectivity index (χ1v) is 11.2. The summed E-state index contributed by atoms with van der Waals surface area (Å²) in [6, 6.07) is 7.69. The van der Waals surface area contributed by atoms with Crippen LogP contribution < -0.4 is 10.6 Å². The predicted octanol–water partition coefficient (Wildman–Crippen LogP) is 4.89. The number of anilines is 2. The van der Waals surface area contributed by atoms with Crippen molar-refractivity contribution in [3.8, 4) is 0 Å². The normalized spacial score (nSPS) is 13.8. The van der Waals surface area contributed by atoms with Gasteiger partial charge in [0.25, 0.3) is 5.91 Å². The number of carbonyl (C=O) groups excluding carboxylic acids is 3. The Morgan fingerprint density at radius 1 is 1.10 bits per heavy atom. The van der Waals surface area contributed by atoms with Gasteiger partial charge in [-0.3, -0.25) is 9.59 Å². The van der Waals surface area contributed by atoms with E-state index in [-0.39, 0.29) is 12.5 Å². The summed E-state index contributed by atoms with van der Waals surface area (Å²) >= 11 is 1.43. The molecule has 30 heavy (non-hydrogen) atoms. The van der Waals surface area contributed by atoms with Crippen molar-refractivity contribution in [1.29, 1.82) is 0 Å². The van der Waals surface area contributed by atoms with Gasteiger partial charge in [0.05, 0.1) is 5.56 Å². The highest BCUT2D eigenvalue weighted by Gasteiger charge is 2.27. The van der Waals surface area contributed by atoms with E-state index in [9.17, 15) is 14.4 Å². The van der Waals surface area contributed by atoms with Gasteiger partial charge in [-0.05, 0) is 61.3 Å². The first kappa shape index (κ1) is 22.0. The molecule has 0 spiro atoms. The molecule has 7 heteroatoms. The molecule has 6 nitrogen and oxygen atoms in total. The first-order chi connectivity index (χ1) is 14.4. The fourth-order valence-electron chi connectivity index (χ4n) is 3.56. The number of aryl methyl sites for hydroxylation is 1. The molecule has 0 saturated carbocycles. The highest BCUT2D eigenvalue weighted by molar-refractivity contribution is 7.17. The summed E-state index contributed by atoms with van der Waals surface area (Å²) in [5.41, 5.74) is 3.22. The highest BCUT2D eigenvalue weighted by Crippen LogP contribution is 2.38. The van der Waals surface area contributed by atoms with Crippen molar-refractivity contribution in [2.24, 2.45) is 0 Å². The minimum Gasteiger partial charge on any atom is -0.452 e. The van der Waals surface area contributed by atoms with Crippen LogP contribution in [0.5, 0.6) is 0 Å². The molecule has 0 unspecified atom stereocenters. The van der Waals surface area contributed by atoms with E-state index in [1.165, 1.54) is 23.8 Å². The standard InChI is InChI=1S/C23H28N2O4S/c1-4-14(2)16-9-11-17(12-10-16)25-20(27)13-29-23(28)21-18-7-5-6-8-19(18)30-22(21)24-15(3)26/h9-12,14H,4-8,13H2,1-3H3,(H,24,26)(H,25,27)/t14-/m0/s1. The molecule has 2 N–H and O–H groups in total. The highest BCUT2D eigenvalue weighted by atomic mass is 32.1. The number of amides is 2. The number of ether oxygens (including phenoxy) is 1. The van der Waals surface area contributed by atoms with Crippen LogP contribution >= 0.6 is 11.3 Å². The molecule has 2 aromatic rings. The number of thiophene rings is 1. The Balaban J connectivity index is 1.63. The molecule has 1 aliphatic carbocycles. The average Bonchev–Trinajstić information content (AvgIpc) is 3.09. The molecule has 1 heterocycles. The SMILES string of the molecule is CC[C@H](C)c1ccc(NC(=O)COC(=O)c2c(NC(C)=O)sc3c2CCCC3)cc1. The van der Waals surface area contributed by atoms with Crippen LogP contribution in [0.1, 0.15) is 72.3 Å². The fourth-order valence-corrected chi connectivity index (χ4v) is 4.88. The lowest BCUT2D eigenvalue weighted by molar-refractivity contribution is -0.119. The van der Waals surface area contributed by atoms with Crippen LogP contribution in [-0.2, 0) is 27.2 Å². The molecule has 3 rings (SSSR count). The Labute approximate surface area is 181 Å². The number of esters is 1. The lowest BCUT2D eigenvalue weighted by Crippen LogP contribution is -2.22. The smallest absolute Gasteiger partial charge is 0.341 e. The average molecular weight is 429 g/mol. The van der Waals surface area contributed by atoms with Crippen LogP contribution in [0.2, 0.25) is 0 Å². The van der Waals surface area contributed by atoms with Crippen LogP contribution in [0.15, 0.2) is 24.3 Å². The summed E-state index contributed by atoms with van der Waals surface area (Å²) in [5, 5.41) is 6.00. The maximum Gasteiger partial charge on any atom is 0.341 e. The van der Waals surface area contributed by atoms with Crippen molar-refractivity contribution in [3.05, 3.63) is 45.8 Å². The van der Waals surface area contributed by atoms with E-state index >= 15 is 0 Å². The van der Waals surface area contributed by atoms with E-state index in [4.69, 9.17) is 4.74 Å². The zero-order valence-corrected chi connectivity index (χ0v) is 18.5. The van der Waals surface area contributed by atoms with Gasteiger partial charge in [0.1, 0.15) is 5.00 Å². The Kier molecular flexibility index (Phi) is 7.26. The van der Waals surface area contributed by atoms with Gasteiger partial charge in [-0.25, -0.2) is 4.79 Å². The number of hydrogen-bond acceptors (Lipinski definition) is 5. The lowest BCUT2D eigenvalue weighted by Gasteiger charge is -2.13.